The first-order valence-corrected chi connectivity index (χ1v) is 7.13. The molecule has 0 amide bonds. The van der Waals surface area contributed by atoms with Crippen LogP contribution in [0.25, 0.3) is 27.3 Å². The lowest BCUT2D eigenvalue weighted by Gasteiger charge is -2.18. The highest BCUT2D eigenvalue weighted by Crippen LogP contribution is 2.35. The number of hydrogen-bond acceptors (Lipinski definition) is 1. The van der Waals surface area contributed by atoms with Crippen molar-refractivity contribution in [1.29, 1.82) is 0 Å². The van der Waals surface area contributed by atoms with Gasteiger partial charge in [-0.15, -0.1) is 0 Å². The van der Waals surface area contributed by atoms with E-state index in [2.05, 4.69) is 47.7 Å². The largest absolute Gasteiger partial charge is 0.296 e. The van der Waals surface area contributed by atoms with Crippen LogP contribution >= 0.6 is 0 Å². The molecule has 2 heteroatoms. The summed E-state index contributed by atoms with van der Waals surface area (Å²) in [5.41, 5.74) is 6.55. The van der Waals surface area contributed by atoms with Crippen LogP contribution in [0.5, 0.6) is 0 Å². The predicted octanol–water partition coefficient (Wildman–Crippen LogP) is 4.05. The van der Waals surface area contributed by atoms with E-state index in [1.807, 2.05) is 6.20 Å². The quantitative estimate of drug-likeness (QED) is 0.435. The highest BCUT2D eigenvalue weighted by molar-refractivity contribution is 6.12. The fraction of sp³-hybridized carbons (Fsp3) is 0.167. The van der Waals surface area contributed by atoms with Crippen molar-refractivity contribution in [3.05, 3.63) is 59.4 Å². The SMILES string of the molecule is Cc1ccc2c(c1)c1cccc3c1n1c(cnc21)CC3. The van der Waals surface area contributed by atoms with Gasteiger partial charge >= 0.3 is 0 Å². The number of para-hydroxylation sites is 1. The minimum atomic E-state index is 1.09. The van der Waals surface area contributed by atoms with Crippen molar-refractivity contribution in [2.75, 3.05) is 0 Å². The monoisotopic (exact) mass is 258 g/mol. The number of fused-ring (bicyclic) bond motifs is 3. The molecule has 3 heterocycles. The summed E-state index contributed by atoms with van der Waals surface area (Å²) in [5, 5.41) is 3.94. The van der Waals surface area contributed by atoms with Crippen LogP contribution in [-0.2, 0) is 12.8 Å². The minimum Gasteiger partial charge on any atom is -0.296 e. The van der Waals surface area contributed by atoms with Crippen LogP contribution in [0.15, 0.2) is 42.6 Å². The van der Waals surface area contributed by atoms with E-state index < -0.39 is 0 Å². The molecule has 20 heavy (non-hydrogen) atoms. The maximum absolute atomic E-state index is 4.69. The Labute approximate surface area is 116 Å². The Bertz CT molecular complexity index is 1010. The first kappa shape index (κ1) is 10.4. The van der Waals surface area contributed by atoms with Crippen LogP contribution in [0.2, 0.25) is 0 Å². The van der Waals surface area contributed by atoms with Crippen molar-refractivity contribution in [3.63, 3.8) is 0 Å². The second-order valence-corrected chi connectivity index (χ2v) is 5.77. The second-order valence-electron chi connectivity index (χ2n) is 5.77. The number of hydrogen-bond donors (Lipinski definition) is 0. The first-order valence-electron chi connectivity index (χ1n) is 7.13. The normalized spacial score (nSPS) is 13.8. The molecule has 0 N–H and O–H groups in total. The number of aryl methyl sites for hydroxylation is 3. The standard InChI is InChI=1S/C18H14N2/c1-11-5-8-15-16(9-11)14-4-2-3-12-6-7-13-10-19-18(15)20(13)17(12)14/h2-5,8-10H,6-7H2,1H3. The minimum absolute atomic E-state index is 1.09. The van der Waals surface area contributed by atoms with Crippen molar-refractivity contribution < 1.29 is 0 Å². The average Bonchev–Trinajstić information content (AvgIpc) is 2.91. The number of rotatable bonds is 0. The predicted molar refractivity (Wildman–Crippen MR) is 82.3 cm³/mol. The summed E-state index contributed by atoms with van der Waals surface area (Å²) in [6, 6.07) is 13.4. The van der Waals surface area contributed by atoms with Crippen LogP contribution in [0, 0.1) is 6.92 Å². The third-order valence-corrected chi connectivity index (χ3v) is 4.53. The van der Waals surface area contributed by atoms with Crippen LogP contribution in [0.1, 0.15) is 16.8 Å². The fourth-order valence-corrected chi connectivity index (χ4v) is 3.62. The number of nitrogens with zero attached hydrogens (tertiary/aromatic N) is 2. The van der Waals surface area contributed by atoms with E-state index in [4.69, 9.17) is 4.98 Å². The van der Waals surface area contributed by atoms with Gasteiger partial charge in [0.2, 0.25) is 0 Å². The van der Waals surface area contributed by atoms with Gasteiger partial charge in [-0.05, 0) is 30.7 Å². The molecule has 0 spiro atoms. The summed E-state index contributed by atoms with van der Waals surface area (Å²) >= 11 is 0. The zero-order valence-electron chi connectivity index (χ0n) is 11.4. The van der Waals surface area contributed by atoms with E-state index in [0.717, 1.165) is 18.5 Å². The zero-order valence-corrected chi connectivity index (χ0v) is 11.4. The van der Waals surface area contributed by atoms with Crippen molar-refractivity contribution in [2.45, 2.75) is 19.8 Å². The van der Waals surface area contributed by atoms with Gasteiger partial charge in [0.05, 0.1) is 5.52 Å². The molecule has 1 aliphatic heterocycles. The first-order chi connectivity index (χ1) is 9.83. The molecule has 2 aromatic carbocycles. The molecule has 0 atom stereocenters. The number of benzene rings is 2. The molecule has 2 nitrogen and oxygen atoms in total. The lowest BCUT2D eigenvalue weighted by atomic mass is 9.97. The molecule has 0 aliphatic carbocycles. The molecule has 2 aromatic heterocycles. The van der Waals surface area contributed by atoms with Gasteiger partial charge in [-0.1, -0.05) is 42.0 Å². The maximum atomic E-state index is 4.69. The van der Waals surface area contributed by atoms with Gasteiger partial charge in [-0.25, -0.2) is 4.98 Å². The van der Waals surface area contributed by atoms with Gasteiger partial charge in [-0.3, -0.25) is 4.40 Å². The molecule has 0 bridgehead atoms. The number of pyridine rings is 1. The zero-order chi connectivity index (χ0) is 13.3. The van der Waals surface area contributed by atoms with E-state index in [0.29, 0.717) is 0 Å². The Morgan fingerprint density at radius 1 is 1.00 bits per heavy atom. The van der Waals surface area contributed by atoms with Gasteiger partial charge in [0, 0.05) is 22.7 Å². The Hall–Kier alpha value is -2.35. The summed E-state index contributed by atoms with van der Waals surface area (Å²) in [4.78, 5) is 4.69. The molecule has 0 saturated carbocycles. The smallest absolute Gasteiger partial charge is 0.145 e. The van der Waals surface area contributed by atoms with Crippen LogP contribution in [-0.4, -0.2) is 9.38 Å². The van der Waals surface area contributed by atoms with E-state index in [1.54, 1.807) is 0 Å². The molecule has 0 unspecified atom stereocenters. The van der Waals surface area contributed by atoms with E-state index in [9.17, 15) is 0 Å². The maximum Gasteiger partial charge on any atom is 0.145 e. The Kier molecular flexibility index (Phi) is 1.77. The lowest BCUT2D eigenvalue weighted by Crippen LogP contribution is -2.07. The summed E-state index contributed by atoms with van der Waals surface area (Å²) in [6.07, 6.45) is 4.25. The molecule has 4 aromatic rings. The highest BCUT2D eigenvalue weighted by atomic mass is 15.0. The van der Waals surface area contributed by atoms with Gasteiger partial charge in [-0.2, -0.15) is 0 Å². The fourth-order valence-electron chi connectivity index (χ4n) is 3.62. The third-order valence-electron chi connectivity index (χ3n) is 4.53. The van der Waals surface area contributed by atoms with Crippen molar-refractivity contribution in [1.82, 2.24) is 9.38 Å². The van der Waals surface area contributed by atoms with E-state index in [1.165, 1.54) is 38.5 Å². The van der Waals surface area contributed by atoms with E-state index >= 15 is 0 Å². The molecule has 0 radical (unpaired) electrons. The summed E-state index contributed by atoms with van der Waals surface area (Å²) in [7, 11) is 0. The number of aromatic nitrogens is 2. The number of imidazole rings is 1. The molecule has 96 valence electrons. The molecule has 1 aliphatic rings. The highest BCUT2D eigenvalue weighted by Gasteiger charge is 2.18. The average molecular weight is 258 g/mol. The van der Waals surface area contributed by atoms with Crippen LogP contribution in [0.3, 0.4) is 0 Å². The Morgan fingerprint density at radius 3 is 2.90 bits per heavy atom. The molecule has 0 fully saturated rings. The van der Waals surface area contributed by atoms with Gasteiger partial charge < -0.3 is 0 Å². The summed E-state index contributed by atoms with van der Waals surface area (Å²) in [5.74, 6) is 0. The van der Waals surface area contributed by atoms with Gasteiger partial charge in [0.25, 0.3) is 0 Å². The van der Waals surface area contributed by atoms with Gasteiger partial charge in [0.15, 0.2) is 0 Å². The molecular formula is C18H14N2. The molecular weight excluding hydrogens is 244 g/mol. The van der Waals surface area contributed by atoms with E-state index in [-0.39, 0.29) is 0 Å². The molecule has 0 saturated heterocycles. The van der Waals surface area contributed by atoms with Crippen molar-refractivity contribution >= 4 is 27.3 Å². The topological polar surface area (TPSA) is 17.3 Å². The molecule has 5 rings (SSSR count). The Balaban J connectivity index is 2.23. The van der Waals surface area contributed by atoms with Crippen LogP contribution < -0.4 is 0 Å². The Morgan fingerprint density at radius 2 is 1.95 bits per heavy atom. The third kappa shape index (κ3) is 1.12. The lowest BCUT2D eigenvalue weighted by molar-refractivity contribution is 0.877. The second kappa shape index (κ2) is 3.40. The summed E-state index contributed by atoms with van der Waals surface area (Å²) in [6.45, 7) is 2.15. The van der Waals surface area contributed by atoms with Crippen molar-refractivity contribution in [2.24, 2.45) is 0 Å². The summed E-state index contributed by atoms with van der Waals surface area (Å²) < 4.78 is 2.37. The van der Waals surface area contributed by atoms with Crippen LogP contribution in [0.4, 0.5) is 0 Å². The van der Waals surface area contributed by atoms with Crippen molar-refractivity contribution in [3.8, 4) is 0 Å². The van der Waals surface area contributed by atoms with Gasteiger partial charge in [0.1, 0.15) is 5.65 Å².